The van der Waals surface area contributed by atoms with Crippen molar-refractivity contribution < 1.29 is 0 Å². The van der Waals surface area contributed by atoms with Gasteiger partial charge in [0.1, 0.15) is 0 Å². The van der Waals surface area contributed by atoms with Crippen LogP contribution in [0.1, 0.15) is 42.9 Å². The smallest absolute Gasteiger partial charge is 0.0602 e. The molecule has 0 unspecified atom stereocenters. The molecule has 0 aliphatic carbocycles. The lowest BCUT2D eigenvalue weighted by Crippen LogP contribution is -2.60. The van der Waals surface area contributed by atoms with Gasteiger partial charge in [-0.3, -0.25) is 9.80 Å². The Labute approximate surface area is 146 Å². The summed E-state index contributed by atoms with van der Waals surface area (Å²) in [5.74, 6) is 0. The normalized spacial score (nSPS) is 20.7. The minimum Gasteiger partial charge on any atom is -0.298 e. The van der Waals surface area contributed by atoms with Gasteiger partial charge in [-0.05, 0) is 37.1 Å². The van der Waals surface area contributed by atoms with Gasteiger partial charge in [0, 0.05) is 19.1 Å². The van der Waals surface area contributed by atoms with Crippen LogP contribution in [0.2, 0.25) is 0 Å². The van der Waals surface area contributed by atoms with E-state index >= 15 is 0 Å². The fourth-order valence-electron chi connectivity index (χ4n) is 4.27. The van der Waals surface area contributed by atoms with Crippen molar-refractivity contribution in [1.29, 1.82) is 0 Å². The standard InChI is InChI=1S/C22H28N2/c1-2-10-16-23(15-9-1)21-17-24(18-21)22(19-11-5-3-6-12-19)20-13-7-4-8-14-20/h3-8,11-14,21-22H,1-2,9-10,15-18H2. The number of rotatable bonds is 4. The van der Waals surface area contributed by atoms with E-state index in [1.54, 1.807) is 0 Å². The lowest BCUT2D eigenvalue weighted by atomic mass is 9.92. The fraction of sp³-hybridized carbons (Fsp3) is 0.455. The van der Waals surface area contributed by atoms with E-state index < -0.39 is 0 Å². The van der Waals surface area contributed by atoms with Crippen molar-refractivity contribution in [3.63, 3.8) is 0 Å². The summed E-state index contributed by atoms with van der Waals surface area (Å²) < 4.78 is 0. The lowest BCUT2D eigenvalue weighted by Gasteiger charge is -2.49. The molecule has 0 spiro atoms. The first-order valence-electron chi connectivity index (χ1n) is 9.50. The maximum absolute atomic E-state index is 2.75. The molecule has 2 aromatic carbocycles. The zero-order valence-corrected chi connectivity index (χ0v) is 14.5. The van der Waals surface area contributed by atoms with E-state index in [2.05, 4.69) is 70.5 Å². The Kier molecular flexibility index (Phi) is 4.96. The summed E-state index contributed by atoms with van der Waals surface area (Å²) in [7, 11) is 0. The highest BCUT2D eigenvalue weighted by atomic mass is 15.3. The van der Waals surface area contributed by atoms with E-state index in [9.17, 15) is 0 Å². The van der Waals surface area contributed by atoms with Crippen molar-refractivity contribution in [2.45, 2.75) is 37.8 Å². The van der Waals surface area contributed by atoms with Gasteiger partial charge in [0.05, 0.1) is 6.04 Å². The average molecular weight is 320 g/mol. The second-order valence-electron chi connectivity index (χ2n) is 7.28. The van der Waals surface area contributed by atoms with Crippen LogP contribution in [-0.2, 0) is 0 Å². The van der Waals surface area contributed by atoms with E-state index in [4.69, 9.17) is 0 Å². The predicted octanol–water partition coefficient (Wildman–Crippen LogP) is 4.34. The molecule has 2 aliphatic heterocycles. The molecule has 0 bridgehead atoms. The highest BCUT2D eigenvalue weighted by Gasteiger charge is 2.36. The summed E-state index contributed by atoms with van der Waals surface area (Å²) in [5.41, 5.74) is 2.83. The van der Waals surface area contributed by atoms with Gasteiger partial charge in [-0.1, -0.05) is 73.5 Å². The zero-order chi connectivity index (χ0) is 16.2. The van der Waals surface area contributed by atoms with Gasteiger partial charge in [-0.2, -0.15) is 0 Å². The van der Waals surface area contributed by atoms with E-state index in [-0.39, 0.29) is 0 Å². The molecule has 0 atom stereocenters. The predicted molar refractivity (Wildman–Crippen MR) is 100 cm³/mol. The summed E-state index contributed by atoms with van der Waals surface area (Å²) in [6.45, 7) is 5.02. The molecule has 2 fully saturated rings. The van der Waals surface area contributed by atoms with Crippen molar-refractivity contribution in [2.24, 2.45) is 0 Å². The fourth-order valence-corrected chi connectivity index (χ4v) is 4.27. The summed E-state index contributed by atoms with van der Waals surface area (Å²) in [4.78, 5) is 5.40. The molecular weight excluding hydrogens is 292 g/mol. The third-order valence-electron chi connectivity index (χ3n) is 5.64. The molecule has 126 valence electrons. The molecule has 2 aliphatic rings. The van der Waals surface area contributed by atoms with E-state index in [1.807, 2.05) is 0 Å². The number of hydrogen-bond donors (Lipinski definition) is 0. The SMILES string of the molecule is c1ccc(C(c2ccccc2)N2CC(N3CCCCCC3)C2)cc1. The molecule has 0 N–H and O–H groups in total. The van der Waals surface area contributed by atoms with Crippen LogP contribution >= 0.6 is 0 Å². The van der Waals surface area contributed by atoms with Crippen molar-refractivity contribution >= 4 is 0 Å². The first-order valence-corrected chi connectivity index (χ1v) is 9.50. The maximum atomic E-state index is 2.75. The monoisotopic (exact) mass is 320 g/mol. The maximum Gasteiger partial charge on any atom is 0.0602 e. The Balaban J connectivity index is 1.49. The third-order valence-corrected chi connectivity index (χ3v) is 5.64. The van der Waals surface area contributed by atoms with Gasteiger partial charge >= 0.3 is 0 Å². The van der Waals surface area contributed by atoms with Crippen LogP contribution in [0.4, 0.5) is 0 Å². The van der Waals surface area contributed by atoms with Crippen molar-refractivity contribution in [3.05, 3.63) is 71.8 Å². The number of benzene rings is 2. The molecule has 2 saturated heterocycles. The van der Waals surface area contributed by atoms with Crippen molar-refractivity contribution in [1.82, 2.24) is 9.80 Å². The first kappa shape index (κ1) is 15.9. The van der Waals surface area contributed by atoms with Gasteiger partial charge in [0.15, 0.2) is 0 Å². The largest absolute Gasteiger partial charge is 0.298 e. The van der Waals surface area contributed by atoms with E-state index in [1.165, 1.54) is 63.0 Å². The molecule has 2 aromatic rings. The highest BCUT2D eigenvalue weighted by Crippen LogP contribution is 2.34. The highest BCUT2D eigenvalue weighted by molar-refractivity contribution is 5.32. The van der Waals surface area contributed by atoms with Crippen LogP contribution in [0.15, 0.2) is 60.7 Å². The second-order valence-corrected chi connectivity index (χ2v) is 7.28. The molecule has 0 saturated carbocycles. The molecule has 0 aromatic heterocycles. The van der Waals surface area contributed by atoms with Crippen LogP contribution in [0.25, 0.3) is 0 Å². The van der Waals surface area contributed by atoms with Crippen molar-refractivity contribution in [3.8, 4) is 0 Å². The van der Waals surface area contributed by atoms with Gasteiger partial charge in [-0.15, -0.1) is 0 Å². The quantitative estimate of drug-likeness (QED) is 0.827. The van der Waals surface area contributed by atoms with Gasteiger partial charge in [-0.25, -0.2) is 0 Å². The Hall–Kier alpha value is -1.64. The summed E-state index contributed by atoms with van der Waals surface area (Å²) in [6, 6.07) is 23.1. The minimum atomic E-state index is 0.399. The van der Waals surface area contributed by atoms with Crippen LogP contribution < -0.4 is 0 Å². The molecule has 0 radical (unpaired) electrons. The average Bonchev–Trinajstić information content (AvgIpc) is 2.88. The third kappa shape index (κ3) is 3.40. The number of likely N-dealkylation sites (tertiary alicyclic amines) is 2. The van der Waals surface area contributed by atoms with E-state index in [0.29, 0.717) is 6.04 Å². The van der Waals surface area contributed by atoms with Crippen LogP contribution in [0.5, 0.6) is 0 Å². The first-order chi connectivity index (χ1) is 11.9. The molecule has 2 heterocycles. The molecular formula is C22H28N2. The summed E-state index contributed by atoms with van der Waals surface area (Å²) >= 11 is 0. The Morgan fingerprint density at radius 3 is 1.67 bits per heavy atom. The number of hydrogen-bond acceptors (Lipinski definition) is 2. The molecule has 2 heteroatoms. The Bertz CT molecular complexity index is 571. The Morgan fingerprint density at radius 1 is 0.667 bits per heavy atom. The van der Waals surface area contributed by atoms with Crippen LogP contribution in [0.3, 0.4) is 0 Å². The Morgan fingerprint density at radius 2 is 1.17 bits per heavy atom. The number of nitrogens with zero attached hydrogens (tertiary/aromatic N) is 2. The van der Waals surface area contributed by atoms with Crippen LogP contribution in [-0.4, -0.2) is 42.0 Å². The van der Waals surface area contributed by atoms with Gasteiger partial charge in [0.2, 0.25) is 0 Å². The molecule has 4 rings (SSSR count). The molecule has 24 heavy (non-hydrogen) atoms. The summed E-state index contributed by atoms with van der Waals surface area (Å²) in [6.07, 6.45) is 5.61. The van der Waals surface area contributed by atoms with Crippen LogP contribution in [0, 0.1) is 0 Å². The van der Waals surface area contributed by atoms with Gasteiger partial charge < -0.3 is 0 Å². The molecule has 2 nitrogen and oxygen atoms in total. The van der Waals surface area contributed by atoms with Crippen molar-refractivity contribution in [2.75, 3.05) is 26.2 Å². The second kappa shape index (κ2) is 7.50. The van der Waals surface area contributed by atoms with Gasteiger partial charge in [0.25, 0.3) is 0 Å². The zero-order valence-electron chi connectivity index (χ0n) is 14.5. The lowest BCUT2D eigenvalue weighted by molar-refractivity contribution is 0.0158. The van der Waals surface area contributed by atoms with E-state index in [0.717, 1.165) is 6.04 Å². The molecule has 0 amide bonds. The summed E-state index contributed by atoms with van der Waals surface area (Å²) in [5, 5.41) is 0. The minimum absolute atomic E-state index is 0.399. The topological polar surface area (TPSA) is 6.48 Å².